The fourth-order valence-corrected chi connectivity index (χ4v) is 1.59. The highest BCUT2D eigenvalue weighted by Gasteiger charge is 2.19. The third-order valence-corrected chi connectivity index (χ3v) is 2.53. The van der Waals surface area contributed by atoms with Gasteiger partial charge in [0.2, 0.25) is 5.91 Å². The first-order valence-corrected chi connectivity index (χ1v) is 6.15. The second-order valence-electron chi connectivity index (χ2n) is 5.19. The lowest BCUT2D eigenvalue weighted by molar-refractivity contribution is -0.118. The Morgan fingerprint density at radius 1 is 1.33 bits per heavy atom. The number of rotatable bonds is 4. The van der Waals surface area contributed by atoms with Crippen LogP contribution in [0.2, 0.25) is 0 Å². The maximum absolute atomic E-state index is 13.6. The van der Waals surface area contributed by atoms with Crippen LogP contribution >= 0.6 is 0 Å². The van der Waals surface area contributed by atoms with Gasteiger partial charge >= 0.3 is 0 Å². The first-order valence-electron chi connectivity index (χ1n) is 6.15. The van der Waals surface area contributed by atoms with Crippen LogP contribution in [-0.2, 0) is 4.79 Å². The zero-order chi connectivity index (χ0) is 13.8. The predicted molar refractivity (Wildman–Crippen MR) is 72.2 cm³/mol. The van der Waals surface area contributed by atoms with Crippen molar-refractivity contribution in [3.05, 3.63) is 30.1 Å². The van der Waals surface area contributed by atoms with Gasteiger partial charge in [0, 0.05) is 12.1 Å². The quantitative estimate of drug-likeness (QED) is 0.893. The zero-order valence-corrected chi connectivity index (χ0v) is 11.5. The van der Waals surface area contributed by atoms with E-state index in [0.29, 0.717) is 12.2 Å². The Morgan fingerprint density at radius 3 is 2.44 bits per heavy atom. The number of halogens is 1. The van der Waals surface area contributed by atoms with Crippen molar-refractivity contribution in [2.24, 2.45) is 0 Å². The summed E-state index contributed by atoms with van der Waals surface area (Å²) in [4.78, 5) is 13.5. The number of likely N-dealkylation sites (N-methyl/N-ethyl adjacent to an activating group) is 1. The van der Waals surface area contributed by atoms with Crippen molar-refractivity contribution in [2.75, 3.05) is 18.0 Å². The van der Waals surface area contributed by atoms with E-state index in [0.717, 1.165) is 0 Å². The number of carbonyl (C=O) groups excluding carboxylic acids is 1. The largest absolute Gasteiger partial charge is 0.309 e. The predicted octanol–water partition coefficient (Wildman–Crippen LogP) is 2.57. The van der Waals surface area contributed by atoms with Crippen LogP contribution in [0, 0.1) is 5.82 Å². The normalized spacial score (nSPS) is 11.4. The number of nitrogens with one attached hydrogen (secondary N) is 1. The maximum Gasteiger partial charge on any atom is 0.241 e. The number of amides is 1. The van der Waals surface area contributed by atoms with Crippen LogP contribution in [0.15, 0.2) is 24.3 Å². The van der Waals surface area contributed by atoms with Crippen LogP contribution in [0.3, 0.4) is 0 Å². The average Bonchev–Trinajstić information content (AvgIpc) is 2.29. The summed E-state index contributed by atoms with van der Waals surface area (Å²) in [7, 11) is 0. The van der Waals surface area contributed by atoms with Gasteiger partial charge in [0.05, 0.1) is 12.2 Å². The molecule has 100 valence electrons. The highest BCUT2D eigenvalue weighted by atomic mass is 19.1. The molecular weight excluding hydrogens is 231 g/mol. The van der Waals surface area contributed by atoms with Crippen LogP contribution in [0.1, 0.15) is 27.7 Å². The van der Waals surface area contributed by atoms with E-state index in [-0.39, 0.29) is 23.8 Å². The van der Waals surface area contributed by atoms with Crippen molar-refractivity contribution in [2.45, 2.75) is 33.2 Å². The number of para-hydroxylation sites is 1. The van der Waals surface area contributed by atoms with Crippen LogP contribution in [0.5, 0.6) is 0 Å². The third kappa shape index (κ3) is 4.11. The number of hydrogen-bond donors (Lipinski definition) is 1. The van der Waals surface area contributed by atoms with Crippen molar-refractivity contribution >= 4 is 11.6 Å². The van der Waals surface area contributed by atoms with E-state index in [2.05, 4.69) is 5.32 Å². The van der Waals surface area contributed by atoms with Gasteiger partial charge in [-0.25, -0.2) is 4.39 Å². The molecule has 1 amide bonds. The van der Waals surface area contributed by atoms with E-state index in [4.69, 9.17) is 0 Å². The summed E-state index contributed by atoms with van der Waals surface area (Å²) in [6.45, 7) is 8.44. The third-order valence-electron chi connectivity index (χ3n) is 2.53. The van der Waals surface area contributed by atoms with E-state index < -0.39 is 0 Å². The molecule has 0 bridgehead atoms. The number of carbonyl (C=O) groups is 1. The molecule has 4 heteroatoms. The second kappa shape index (κ2) is 5.96. The monoisotopic (exact) mass is 252 g/mol. The molecule has 0 spiro atoms. The summed E-state index contributed by atoms with van der Waals surface area (Å²) in [5, 5.41) is 3.11. The van der Waals surface area contributed by atoms with Gasteiger partial charge in [0.25, 0.3) is 0 Å². The van der Waals surface area contributed by atoms with E-state index in [9.17, 15) is 9.18 Å². The lowest BCUT2D eigenvalue weighted by Gasteiger charge is -2.25. The smallest absolute Gasteiger partial charge is 0.241 e. The minimum atomic E-state index is -0.372. The Bertz CT molecular complexity index is 413. The lowest BCUT2D eigenvalue weighted by atomic mass is 10.1. The Morgan fingerprint density at radius 2 is 1.94 bits per heavy atom. The summed E-state index contributed by atoms with van der Waals surface area (Å²) in [5.41, 5.74) is 0.199. The second-order valence-corrected chi connectivity index (χ2v) is 5.19. The summed E-state index contributed by atoms with van der Waals surface area (Å²) in [6.07, 6.45) is 0. The molecule has 0 heterocycles. The molecule has 0 saturated carbocycles. The molecule has 1 aromatic carbocycles. The Kier molecular flexibility index (Phi) is 4.84. The number of nitrogens with zero attached hydrogens (tertiary/aromatic N) is 1. The first-order chi connectivity index (χ1) is 8.35. The SMILES string of the molecule is CCN(C(=O)CNC(C)(C)C)c1ccccc1F. The highest BCUT2D eigenvalue weighted by Crippen LogP contribution is 2.18. The van der Waals surface area contributed by atoms with Crippen molar-refractivity contribution < 1.29 is 9.18 Å². The van der Waals surface area contributed by atoms with E-state index in [1.165, 1.54) is 11.0 Å². The topological polar surface area (TPSA) is 32.3 Å². The van der Waals surface area contributed by atoms with Gasteiger partial charge in [-0.2, -0.15) is 0 Å². The van der Waals surface area contributed by atoms with Crippen molar-refractivity contribution in [3.63, 3.8) is 0 Å². The summed E-state index contributed by atoms with van der Waals surface area (Å²) in [5.74, 6) is -0.499. The summed E-state index contributed by atoms with van der Waals surface area (Å²) >= 11 is 0. The lowest BCUT2D eigenvalue weighted by Crippen LogP contribution is -2.45. The van der Waals surface area contributed by atoms with Gasteiger partial charge < -0.3 is 10.2 Å². The van der Waals surface area contributed by atoms with Gasteiger partial charge in [-0.3, -0.25) is 4.79 Å². The molecule has 0 aliphatic rings. The van der Waals surface area contributed by atoms with Crippen LogP contribution in [0.25, 0.3) is 0 Å². The number of anilines is 1. The van der Waals surface area contributed by atoms with E-state index in [1.807, 2.05) is 27.7 Å². The Balaban J connectivity index is 2.78. The van der Waals surface area contributed by atoms with Crippen molar-refractivity contribution in [3.8, 4) is 0 Å². The van der Waals surface area contributed by atoms with Gasteiger partial charge in [0.1, 0.15) is 5.82 Å². The fraction of sp³-hybridized carbons (Fsp3) is 0.500. The molecule has 0 aliphatic heterocycles. The molecular formula is C14H21FN2O. The van der Waals surface area contributed by atoms with Crippen LogP contribution in [0.4, 0.5) is 10.1 Å². The number of hydrogen-bond acceptors (Lipinski definition) is 2. The van der Waals surface area contributed by atoms with E-state index in [1.54, 1.807) is 18.2 Å². The van der Waals surface area contributed by atoms with Gasteiger partial charge in [-0.15, -0.1) is 0 Å². The average molecular weight is 252 g/mol. The standard InChI is InChI=1S/C14H21FN2O/c1-5-17(12-9-7-6-8-11(12)15)13(18)10-16-14(2,3)4/h6-9,16H,5,10H2,1-4H3. The van der Waals surface area contributed by atoms with Crippen molar-refractivity contribution in [1.29, 1.82) is 0 Å². The molecule has 1 N–H and O–H groups in total. The molecule has 0 aromatic heterocycles. The van der Waals surface area contributed by atoms with Crippen LogP contribution < -0.4 is 10.2 Å². The highest BCUT2D eigenvalue weighted by molar-refractivity contribution is 5.94. The van der Waals surface area contributed by atoms with Crippen molar-refractivity contribution in [1.82, 2.24) is 5.32 Å². The van der Waals surface area contributed by atoms with Gasteiger partial charge in [0.15, 0.2) is 0 Å². The molecule has 1 rings (SSSR count). The fourth-order valence-electron chi connectivity index (χ4n) is 1.59. The molecule has 0 atom stereocenters. The number of benzene rings is 1. The zero-order valence-electron chi connectivity index (χ0n) is 11.5. The van der Waals surface area contributed by atoms with Crippen LogP contribution in [-0.4, -0.2) is 24.5 Å². The maximum atomic E-state index is 13.6. The molecule has 1 aromatic rings. The van der Waals surface area contributed by atoms with E-state index >= 15 is 0 Å². The molecule has 0 aliphatic carbocycles. The Hall–Kier alpha value is -1.42. The molecule has 0 saturated heterocycles. The first kappa shape index (κ1) is 14.6. The molecule has 0 unspecified atom stereocenters. The molecule has 18 heavy (non-hydrogen) atoms. The molecule has 0 radical (unpaired) electrons. The summed E-state index contributed by atoms with van der Waals surface area (Å²) in [6, 6.07) is 6.33. The molecule has 3 nitrogen and oxygen atoms in total. The van der Waals surface area contributed by atoms with Gasteiger partial charge in [-0.05, 0) is 39.8 Å². The van der Waals surface area contributed by atoms with Gasteiger partial charge in [-0.1, -0.05) is 12.1 Å². The minimum absolute atomic E-state index is 0.127. The minimum Gasteiger partial charge on any atom is -0.309 e. The Labute approximate surface area is 108 Å². The summed E-state index contributed by atoms with van der Waals surface area (Å²) < 4.78 is 13.6. The molecule has 0 fully saturated rings.